The summed E-state index contributed by atoms with van der Waals surface area (Å²) in [6.07, 6.45) is 0.686. The van der Waals surface area contributed by atoms with Gasteiger partial charge in [-0.25, -0.2) is 9.59 Å². The van der Waals surface area contributed by atoms with Crippen molar-refractivity contribution in [2.75, 3.05) is 38.9 Å². The molecule has 2 rings (SSSR count). The summed E-state index contributed by atoms with van der Waals surface area (Å²) >= 11 is 0.991. The fourth-order valence-corrected chi connectivity index (χ4v) is 3.76. The van der Waals surface area contributed by atoms with E-state index in [9.17, 15) is 14.4 Å². The lowest BCUT2D eigenvalue weighted by Crippen LogP contribution is -2.15. The van der Waals surface area contributed by atoms with Gasteiger partial charge in [-0.2, -0.15) is 0 Å². The van der Waals surface area contributed by atoms with Crippen LogP contribution >= 0.6 is 11.3 Å². The molecule has 0 spiro atoms. The first-order chi connectivity index (χ1) is 15.0. The topological polar surface area (TPSA) is 100 Å². The second-order valence-corrected chi connectivity index (χ2v) is 7.44. The van der Waals surface area contributed by atoms with Crippen LogP contribution in [0.1, 0.15) is 45.4 Å². The van der Waals surface area contributed by atoms with Gasteiger partial charge in [0.15, 0.2) is 0 Å². The number of carbonyl (C=O) groups is 3. The van der Waals surface area contributed by atoms with E-state index in [2.05, 4.69) is 5.32 Å². The highest BCUT2D eigenvalue weighted by atomic mass is 32.1. The maximum absolute atomic E-state index is 12.4. The summed E-state index contributed by atoms with van der Waals surface area (Å²) in [5.41, 5.74) is 0.577. The average Bonchev–Trinajstić information content (AvgIpc) is 3.08. The molecule has 0 unspecified atom stereocenters. The van der Waals surface area contributed by atoms with Gasteiger partial charge in [0.05, 0.1) is 25.4 Å². The van der Waals surface area contributed by atoms with E-state index in [1.165, 1.54) is 7.11 Å². The molecule has 8 nitrogen and oxygen atoms in total. The average molecular weight is 450 g/mol. The molecule has 1 aromatic carbocycles. The van der Waals surface area contributed by atoms with Crippen LogP contribution in [0.15, 0.2) is 30.3 Å². The van der Waals surface area contributed by atoms with Gasteiger partial charge < -0.3 is 24.3 Å². The lowest BCUT2D eigenvalue weighted by Gasteiger charge is -2.08. The van der Waals surface area contributed by atoms with Crippen molar-refractivity contribution in [1.82, 2.24) is 0 Å². The Morgan fingerprint density at radius 1 is 1.00 bits per heavy atom. The predicted octanol–water partition coefficient (Wildman–Crippen LogP) is 3.83. The van der Waals surface area contributed by atoms with Gasteiger partial charge in [-0.15, -0.1) is 11.3 Å². The summed E-state index contributed by atoms with van der Waals surface area (Å²) in [6.45, 7) is 4.21. The Balaban J connectivity index is 2.03. The molecule has 168 valence electrons. The van der Waals surface area contributed by atoms with E-state index < -0.39 is 11.9 Å². The van der Waals surface area contributed by atoms with E-state index in [4.69, 9.17) is 18.9 Å². The van der Waals surface area contributed by atoms with Crippen molar-refractivity contribution in [2.45, 2.75) is 26.7 Å². The zero-order chi connectivity index (χ0) is 22.6. The largest absolute Gasteiger partial charge is 0.494 e. The maximum Gasteiger partial charge on any atom is 0.348 e. The second kappa shape index (κ2) is 12.7. The van der Waals surface area contributed by atoms with E-state index in [1.807, 2.05) is 30.3 Å². The molecule has 1 aromatic heterocycles. The molecule has 0 fully saturated rings. The highest BCUT2D eigenvalue weighted by molar-refractivity contribution is 7.18. The van der Waals surface area contributed by atoms with Crippen LogP contribution in [-0.4, -0.2) is 51.4 Å². The summed E-state index contributed by atoms with van der Waals surface area (Å²) in [4.78, 5) is 37.4. The summed E-state index contributed by atoms with van der Waals surface area (Å²) < 4.78 is 20.7. The van der Waals surface area contributed by atoms with Crippen molar-refractivity contribution in [3.63, 3.8) is 0 Å². The first kappa shape index (κ1) is 24.4. The van der Waals surface area contributed by atoms with Crippen LogP contribution in [0, 0.1) is 6.92 Å². The van der Waals surface area contributed by atoms with Gasteiger partial charge in [0.25, 0.3) is 0 Å². The number of ether oxygens (including phenoxy) is 4. The van der Waals surface area contributed by atoms with Gasteiger partial charge in [-0.05, 0) is 38.0 Å². The molecule has 0 bridgehead atoms. The number of thiophene rings is 1. The lowest BCUT2D eigenvalue weighted by molar-refractivity contribution is -0.116. The van der Waals surface area contributed by atoms with Gasteiger partial charge >= 0.3 is 11.9 Å². The summed E-state index contributed by atoms with van der Waals surface area (Å²) in [7, 11) is 1.50. The number of anilines is 1. The number of benzene rings is 1. The van der Waals surface area contributed by atoms with Gasteiger partial charge in [0.2, 0.25) is 5.91 Å². The van der Waals surface area contributed by atoms with Crippen LogP contribution in [0.25, 0.3) is 0 Å². The summed E-state index contributed by atoms with van der Waals surface area (Å²) in [5.74, 6) is -0.738. The number of carbonyl (C=O) groups excluding carboxylic acids is 3. The molecule has 0 saturated carbocycles. The highest BCUT2D eigenvalue weighted by Crippen LogP contribution is 2.34. The van der Waals surface area contributed by atoms with Gasteiger partial charge in [0, 0.05) is 13.5 Å². The fourth-order valence-electron chi connectivity index (χ4n) is 2.66. The smallest absolute Gasteiger partial charge is 0.348 e. The van der Waals surface area contributed by atoms with Crippen LogP contribution < -0.4 is 10.1 Å². The van der Waals surface area contributed by atoms with Crippen molar-refractivity contribution < 1.29 is 33.3 Å². The fraction of sp³-hybridized carbons (Fsp3) is 0.409. The van der Waals surface area contributed by atoms with E-state index in [1.54, 1.807) is 13.8 Å². The Morgan fingerprint density at radius 2 is 1.74 bits per heavy atom. The molecule has 0 atom stereocenters. The zero-order valence-electron chi connectivity index (χ0n) is 17.9. The van der Waals surface area contributed by atoms with Gasteiger partial charge in [-0.1, -0.05) is 18.2 Å². The second-order valence-electron chi connectivity index (χ2n) is 6.42. The first-order valence-corrected chi connectivity index (χ1v) is 10.7. The van der Waals surface area contributed by atoms with Crippen LogP contribution in [0.4, 0.5) is 5.00 Å². The molecule has 31 heavy (non-hydrogen) atoms. The number of nitrogens with one attached hydrogen (secondary N) is 1. The molecule has 1 N–H and O–H groups in total. The van der Waals surface area contributed by atoms with Crippen molar-refractivity contribution >= 4 is 34.2 Å². The Kier molecular flexibility index (Phi) is 9.99. The number of amides is 1. The van der Waals surface area contributed by atoms with Crippen molar-refractivity contribution in [2.24, 2.45) is 0 Å². The third kappa shape index (κ3) is 7.37. The summed E-state index contributed by atoms with van der Waals surface area (Å²) in [5, 5.41) is 2.99. The lowest BCUT2D eigenvalue weighted by atomic mass is 10.1. The number of rotatable bonds is 12. The van der Waals surface area contributed by atoms with Crippen LogP contribution in [0.2, 0.25) is 0 Å². The normalized spacial score (nSPS) is 10.4. The number of esters is 2. The number of hydrogen-bond acceptors (Lipinski definition) is 8. The number of hydrogen-bond donors (Lipinski definition) is 1. The van der Waals surface area contributed by atoms with Crippen molar-refractivity contribution in [1.29, 1.82) is 0 Å². The maximum atomic E-state index is 12.4. The van der Waals surface area contributed by atoms with E-state index in [0.29, 0.717) is 18.6 Å². The quantitative estimate of drug-likeness (QED) is 0.388. The number of methoxy groups -OCH3 is 1. The molecule has 0 aliphatic heterocycles. The third-order valence-electron chi connectivity index (χ3n) is 4.15. The predicted molar refractivity (Wildman–Crippen MR) is 117 cm³/mol. The van der Waals surface area contributed by atoms with Gasteiger partial charge in [0.1, 0.15) is 22.2 Å². The van der Waals surface area contributed by atoms with Crippen molar-refractivity contribution in [3.8, 4) is 5.75 Å². The SMILES string of the molecule is CCOC(=O)c1c(NC(=O)CCCOc2ccccc2)sc(C(=O)OCCOC)c1C. The van der Waals surface area contributed by atoms with E-state index in [0.717, 1.165) is 17.1 Å². The van der Waals surface area contributed by atoms with Crippen LogP contribution in [-0.2, 0) is 19.0 Å². The third-order valence-corrected chi connectivity index (χ3v) is 5.33. The zero-order valence-corrected chi connectivity index (χ0v) is 18.7. The minimum atomic E-state index is -0.602. The monoisotopic (exact) mass is 449 g/mol. The molecule has 2 aromatic rings. The molecule has 9 heteroatoms. The van der Waals surface area contributed by atoms with E-state index in [-0.39, 0.29) is 47.6 Å². The van der Waals surface area contributed by atoms with Crippen LogP contribution in [0.3, 0.4) is 0 Å². The molecule has 1 heterocycles. The standard InChI is InChI=1S/C22H27NO7S/c1-4-28-21(25)18-15(2)19(22(26)30-14-13-27-3)31-20(18)23-17(24)11-8-12-29-16-9-6-5-7-10-16/h5-7,9-10H,4,8,11-14H2,1-3H3,(H,23,24). The van der Waals surface area contributed by atoms with E-state index >= 15 is 0 Å². The Morgan fingerprint density at radius 3 is 2.42 bits per heavy atom. The molecule has 0 saturated heterocycles. The molecule has 0 radical (unpaired) electrons. The van der Waals surface area contributed by atoms with Gasteiger partial charge in [-0.3, -0.25) is 4.79 Å². The Labute approximate surface area is 185 Å². The minimum Gasteiger partial charge on any atom is -0.494 e. The summed E-state index contributed by atoms with van der Waals surface area (Å²) in [6, 6.07) is 9.32. The Hall–Kier alpha value is -2.91. The Bertz CT molecular complexity index is 879. The van der Waals surface area contributed by atoms with Crippen LogP contribution in [0.5, 0.6) is 5.75 Å². The molecule has 0 aliphatic rings. The molecular weight excluding hydrogens is 422 g/mol. The molecule has 0 aliphatic carbocycles. The first-order valence-electron chi connectivity index (χ1n) is 9.92. The molecular formula is C22H27NO7S. The van der Waals surface area contributed by atoms with Crippen molar-refractivity contribution in [3.05, 3.63) is 46.3 Å². The highest BCUT2D eigenvalue weighted by Gasteiger charge is 2.27. The molecule has 1 amide bonds. The number of para-hydroxylation sites is 1. The minimum absolute atomic E-state index is 0.0878.